The summed E-state index contributed by atoms with van der Waals surface area (Å²) in [5.41, 5.74) is 4.00. The minimum absolute atomic E-state index is 0.00321. The van der Waals surface area contributed by atoms with Crippen LogP contribution in [0, 0.1) is 5.92 Å². The fourth-order valence-electron chi connectivity index (χ4n) is 4.01. The minimum atomic E-state index is -2.51. The van der Waals surface area contributed by atoms with Gasteiger partial charge in [-0.05, 0) is 42.7 Å². The number of halogens is 2. The predicted octanol–water partition coefficient (Wildman–Crippen LogP) is 4.56. The summed E-state index contributed by atoms with van der Waals surface area (Å²) in [5.74, 6) is -1.88. The van der Waals surface area contributed by atoms with Crippen molar-refractivity contribution >= 4 is 10.9 Å². The Kier molecular flexibility index (Phi) is 4.55. The molecule has 4 aromatic rings. The van der Waals surface area contributed by atoms with Crippen LogP contribution in [-0.2, 0) is 13.0 Å². The molecule has 0 unspecified atom stereocenters. The Morgan fingerprint density at radius 3 is 2.60 bits per heavy atom. The normalized spacial score (nSPS) is 16.0. The fourth-order valence-corrected chi connectivity index (χ4v) is 4.01. The Labute approximate surface area is 172 Å². The molecule has 0 radical (unpaired) electrons. The molecule has 152 valence electrons. The lowest BCUT2D eigenvalue weighted by atomic mass is 9.78. The highest BCUT2D eigenvalue weighted by atomic mass is 19.3. The molecule has 0 saturated heterocycles. The topological polar surface area (TPSA) is 63.8 Å². The Balaban J connectivity index is 1.47. The number of aliphatic hydroxyl groups is 1. The predicted molar refractivity (Wildman–Crippen MR) is 109 cm³/mol. The molecule has 0 spiro atoms. The summed E-state index contributed by atoms with van der Waals surface area (Å²) in [6.45, 7) is -0.137. The maximum absolute atomic E-state index is 13.1. The average molecular weight is 406 g/mol. The molecule has 3 heterocycles. The number of hydrogen-bond donors (Lipinski definition) is 1. The zero-order chi connectivity index (χ0) is 20.7. The summed E-state index contributed by atoms with van der Waals surface area (Å²) < 4.78 is 28.0. The van der Waals surface area contributed by atoms with Crippen LogP contribution in [0.5, 0.6) is 0 Å². The lowest BCUT2D eigenvalue weighted by molar-refractivity contribution is -0.109. The van der Waals surface area contributed by atoms with Gasteiger partial charge in [0.25, 0.3) is 0 Å². The molecule has 0 aliphatic heterocycles. The second kappa shape index (κ2) is 7.25. The van der Waals surface area contributed by atoms with Gasteiger partial charge in [-0.3, -0.25) is 4.98 Å². The second-order valence-electron chi connectivity index (χ2n) is 7.82. The average Bonchev–Trinajstić information content (AvgIpc) is 3.16. The van der Waals surface area contributed by atoms with Crippen LogP contribution in [0.2, 0.25) is 0 Å². The van der Waals surface area contributed by atoms with Gasteiger partial charge in [0, 0.05) is 29.5 Å². The number of nitrogens with zero attached hydrogens (tertiary/aromatic N) is 4. The van der Waals surface area contributed by atoms with Crippen LogP contribution in [0.3, 0.4) is 0 Å². The summed E-state index contributed by atoms with van der Waals surface area (Å²) in [4.78, 5) is 9.14. The van der Waals surface area contributed by atoms with Crippen molar-refractivity contribution < 1.29 is 13.9 Å². The third-order valence-electron chi connectivity index (χ3n) is 5.52. The molecule has 1 aromatic carbocycles. The van der Waals surface area contributed by atoms with Gasteiger partial charge in [0.1, 0.15) is 0 Å². The van der Waals surface area contributed by atoms with Crippen LogP contribution in [-0.4, -0.2) is 30.8 Å². The zero-order valence-corrected chi connectivity index (χ0v) is 16.2. The van der Waals surface area contributed by atoms with E-state index in [1.165, 1.54) is 0 Å². The van der Waals surface area contributed by atoms with Crippen molar-refractivity contribution in [2.45, 2.75) is 31.8 Å². The second-order valence-corrected chi connectivity index (χ2v) is 7.82. The van der Waals surface area contributed by atoms with Crippen LogP contribution >= 0.6 is 0 Å². The standard InChI is InChI=1S/C23H20F2N4O/c24-23(25)11-15(12-23)9-18-3-1-5-20(27-18)16-7-8-17-13-26-29(21(17)10-16)22-6-2-4-19(14-30)28-22/h1-8,10,13,15,30H,9,11-12,14H2. The summed E-state index contributed by atoms with van der Waals surface area (Å²) in [6.07, 6.45) is 2.24. The maximum atomic E-state index is 13.1. The SMILES string of the molecule is OCc1cccc(-n2ncc3ccc(-c4cccc(CC5CC(F)(F)C5)n4)cc32)n1. The van der Waals surface area contributed by atoms with Crippen molar-refractivity contribution in [2.75, 3.05) is 0 Å². The number of rotatable bonds is 5. The van der Waals surface area contributed by atoms with Gasteiger partial charge >= 0.3 is 0 Å². The third kappa shape index (κ3) is 3.57. The molecule has 1 aliphatic carbocycles. The number of hydrogen-bond acceptors (Lipinski definition) is 4. The molecule has 1 fully saturated rings. The van der Waals surface area contributed by atoms with Crippen molar-refractivity contribution in [1.29, 1.82) is 0 Å². The molecule has 1 aliphatic rings. The highest BCUT2D eigenvalue weighted by molar-refractivity contribution is 5.84. The highest BCUT2D eigenvalue weighted by Gasteiger charge is 2.45. The zero-order valence-electron chi connectivity index (χ0n) is 16.2. The van der Waals surface area contributed by atoms with Crippen LogP contribution in [0.1, 0.15) is 24.2 Å². The summed E-state index contributed by atoms with van der Waals surface area (Å²) in [5, 5.41) is 14.8. The van der Waals surface area contributed by atoms with E-state index in [1.807, 2.05) is 48.5 Å². The molecule has 5 rings (SSSR count). The quantitative estimate of drug-likeness (QED) is 0.528. The van der Waals surface area contributed by atoms with E-state index in [9.17, 15) is 13.9 Å². The Bertz CT molecular complexity index is 1210. The molecule has 0 amide bonds. The molecule has 0 bridgehead atoms. The molecular weight excluding hydrogens is 386 g/mol. The maximum Gasteiger partial charge on any atom is 0.248 e. The lowest BCUT2D eigenvalue weighted by Crippen LogP contribution is -2.36. The number of pyridine rings is 2. The van der Waals surface area contributed by atoms with Crippen LogP contribution in [0.4, 0.5) is 8.78 Å². The van der Waals surface area contributed by atoms with Crippen LogP contribution in [0.25, 0.3) is 28.0 Å². The van der Waals surface area contributed by atoms with E-state index >= 15 is 0 Å². The number of aromatic nitrogens is 4. The number of fused-ring (bicyclic) bond motifs is 1. The Morgan fingerprint density at radius 2 is 1.80 bits per heavy atom. The molecule has 5 nitrogen and oxygen atoms in total. The van der Waals surface area contributed by atoms with Gasteiger partial charge in [0.15, 0.2) is 5.82 Å². The van der Waals surface area contributed by atoms with Crippen LogP contribution < -0.4 is 0 Å². The number of aliphatic hydroxyl groups excluding tert-OH is 1. The molecule has 7 heteroatoms. The largest absolute Gasteiger partial charge is 0.390 e. The van der Waals surface area contributed by atoms with E-state index in [0.29, 0.717) is 17.9 Å². The molecule has 1 saturated carbocycles. The molecule has 1 N–H and O–H groups in total. The van der Waals surface area contributed by atoms with Gasteiger partial charge in [-0.15, -0.1) is 0 Å². The first-order valence-electron chi connectivity index (χ1n) is 9.90. The van der Waals surface area contributed by atoms with Crippen molar-refractivity contribution in [2.24, 2.45) is 5.92 Å². The van der Waals surface area contributed by atoms with Gasteiger partial charge in [-0.25, -0.2) is 18.4 Å². The Hall–Kier alpha value is -3.19. The van der Waals surface area contributed by atoms with Gasteiger partial charge in [0.2, 0.25) is 5.92 Å². The monoisotopic (exact) mass is 406 g/mol. The fraction of sp³-hybridized carbons (Fsp3) is 0.261. The van der Waals surface area contributed by atoms with Crippen molar-refractivity contribution in [1.82, 2.24) is 19.7 Å². The van der Waals surface area contributed by atoms with Gasteiger partial charge in [0.05, 0.1) is 29.7 Å². The van der Waals surface area contributed by atoms with Gasteiger partial charge < -0.3 is 5.11 Å². The van der Waals surface area contributed by atoms with E-state index in [2.05, 4.69) is 10.1 Å². The minimum Gasteiger partial charge on any atom is -0.390 e. The smallest absolute Gasteiger partial charge is 0.248 e. The summed E-state index contributed by atoms with van der Waals surface area (Å²) >= 11 is 0. The third-order valence-corrected chi connectivity index (χ3v) is 5.52. The van der Waals surface area contributed by atoms with Crippen molar-refractivity contribution in [3.05, 3.63) is 72.2 Å². The van der Waals surface area contributed by atoms with E-state index in [-0.39, 0.29) is 25.4 Å². The van der Waals surface area contributed by atoms with E-state index < -0.39 is 5.92 Å². The van der Waals surface area contributed by atoms with Crippen LogP contribution in [0.15, 0.2) is 60.8 Å². The first kappa shape index (κ1) is 18.8. The van der Waals surface area contributed by atoms with Gasteiger partial charge in [-0.1, -0.05) is 24.3 Å². The number of alkyl halides is 2. The molecule has 0 atom stereocenters. The molecule has 3 aromatic heterocycles. The molecular formula is C23H20F2N4O. The van der Waals surface area contributed by atoms with Crippen molar-refractivity contribution in [3.63, 3.8) is 0 Å². The van der Waals surface area contributed by atoms with Gasteiger partial charge in [-0.2, -0.15) is 5.10 Å². The van der Waals surface area contributed by atoms with Crippen molar-refractivity contribution in [3.8, 4) is 17.1 Å². The van der Waals surface area contributed by atoms with E-state index in [0.717, 1.165) is 27.9 Å². The first-order valence-corrected chi connectivity index (χ1v) is 9.90. The van der Waals surface area contributed by atoms with E-state index in [1.54, 1.807) is 16.9 Å². The number of benzene rings is 1. The lowest BCUT2D eigenvalue weighted by Gasteiger charge is -2.34. The summed E-state index contributed by atoms with van der Waals surface area (Å²) in [7, 11) is 0. The summed E-state index contributed by atoms with van der Waals surface area (Å²) in [6, 6.07) is 17.1. The first-order chi connectivity index (χ1) is 14.5. The molecule has 30 heavy (non-hydrogen) atoms. The Morgan fingerprint density at radius 1 is 1.00 bits per heavy atom. The highest BCUT2D eigenvalue weighted by Crippen LogP contribution is 2.43. The van der Waals surface area contributed by atoms with E-state index in [4.69, 9.17) is 4.98 Å².